The molecule has 0 radical (unpaired) electrons. The summed E-state index contributed by atoms with van der Waals surface area (Å²) in [6.45, 7) is 5.72. The second-order valence-electron chi connectivity index (χ2n) is 4.99. The van der Waals surface area contributed by atoms with Gasteiger partial charge in [0.05, 0.1) is 10.2 Å². The summed E-state index contributed by atoms with van der Waals surface area (Å²) in [6.07, 6.45) is 1.62. The lowest BCUT2D eigenvalue weighted by Gasteiger charge is -2.06. The van der Waals surface area contributed by atoms with Crippen LogP contribution in [-0.2, 0) is 6.54 Å². The average Bonchev–Trinajstić information content (AvgIpc) is 2.82. The predicted molar refractivity (Wildman–Crippen MR) is 77.7 cm³/mol. The maximum atomic E-state index is 13.8. The van der Waals surface area contributed by atoms with Crippen molar-refractivity contribution < 1.29 is 8.78 Å². The monoisotopic (exact) mass is 343 g/mol. The Hall–Kier alpha value is -1.27. The van der Waals surface area contributed by atoms with E-state index >= 15 is 0 Å². The molecule has 1 aromatic carbocycles. The number of halogens is 3. The first-order valence-electron chi connectivity index (χ1n) is 6.37. The number of nitrogens with zero attached hydrogens (tertiary/aromatic N) is 2. The van der Waals surface area contributed by atoms with Gasteiger partial charge in [0.1, 0.15) is 17.3 Å². The molecule has 0 bridgehead atoms. The van der Waals surface area contributed by atoms with Crippen LogP contribution in [0.15, 0.2) is 28.9 Å². The minimum Gasteiger partial charge on any atom is -0.311 e. The van der Waals surface area contributed by atoms with Crippen LogP contribution in [0.5, 0.6) is 0 Å². The highest BCUT2D eigenvalue weighted by molar-refractivity contribution is 9.10. The van der Waals surface area contributed by atoms with E-state index in [1.807, 2.05) is 0 Å². The lowest BCUT2D eigenvalue weighted by Crippen LogP contribution is -2.19. The quantitative estimate of drug-likeness (QED) is 0.839. The van der Waals surface area contributed by atoms with Crippen molar-refractivity contribution in [2.45, 2.75) is 20.4 Å². The molecule has 3 nitrogen and oxygen atoms in total. The van der Waals surface area contributed by atoms with Gasteiger partial charge in [-0.05, 0) is 40.5 Å². The van der Waals surface area contributed by atoms with Gasteiger partial charge in [0.25, 0.3) is 0 Å². The zero-order valence-corrected chi connectivity index (χ0v) is 12.9. The molecule has 0 atom stereocenters. The summed E-state index contributed by atoms with van der Waals surface area (Å²) >= 11 is 2.95. The molecule has 0 saturated carbocycles. The van der Waals surface area contributed by atoms with Gasteiger partial charge in [0, 0.05) is 18.8 Å². The fraction of sp³-hybridized carbons (Fsp3) is 0.357. The Morgan fingerprint density at radius 2 is 2.05 bits per heavy atom. The van der Waals surface area contributed by atoms with E-state index in [0.29, 0.717) is 12.5 Å². The zero-order valence-electron chi connectivity index (χ0n) is 11.3. The Bertz CT molecular complexity index is 596. The summed E-state index contributed by atoms with van der Waals surface area (Å²) in [7, 11) is 0. The lowest BCUT2D eigenvalue weighted by atomic mass is 10.2. The van der Waals surface area contributed by atoms with Crippen molar-refractivity contribution in [1.82, 2.24) is 15.1 Å². The van der Waals surface area contributed by atoms with Crippen molar-refractivity contribution in [3.8, 4) is 5.69 Å². The van der Waals surface area contributed by atoms with E-state index in [4.69, 9.17) is 0 Å². The van der Waals surface area contributed by atoms with Gasteiger partial charge in [-0.15, -0.1) is 0 Å². The van der Waals surface area contributed by atoms with Crippen LogP contribution in [0.2, 0.25) is 0 Å². The first kappa shape index (κ1) is 15.1. The Morgan fingerprint density at radius 3 is 2.75 bits per heavy atom. The van der Waals surface area contributed by atoms with Crippen molar-refractivity contribution in [3.05, 3.63) is 46.2 Å². The maximum Gasteiger partial charge on any atom is 0.150 e. The van der Waals surface area contributed by atoms with Crippen LogP contribution in [0.3, 0.4) is 0 Å². The summed E-state index contributed by atoms with van der Waals surface area (Å²) in [5.74, 6) is -0.491. The van der Waals surface area contributed by atoms with E-state index in [1.54, 1.807) is 12.3 Å². The minimum absolute atomic E-state index is 0.0980. The second-order valence-corrected chi connectivity index (χ2v) is 5.85. The topological polar surface area (TPSA) is 29.9 Å². The third-order valence-corrected chi connectivity index (χ3v) is 3.35. The summed E-state index contributed by atoms with van der Waals surface area (Å²) < 4.78 is 28.7. The molecule has 0 fully saturated rings. The molecule has 0 spiro atoms. The van der Waals surface area contributed by atoms with Gasteiger partial charge in [-0.2, -0.15) is 5.10 Å². The van der Waals surface area contributed by atoms with Crippen LogP contribution in [0.1, 0.15) is 19.5 Å². The van der Waals surface area contributed by atoms with Gasteiger partial charge >= 0.3 is 0 Å². The summed E-state index contributed by atoms with van der Waals surface area (Å²) in [6, 6.07) is 4.01. The van der Waals surface area contributed by atoms with Crippen molar-refractivity contribution >= 4 is 15.9 Å². The van der Waals surface area contributed by atoms with Crippen molar-refractivity contribution in [2.75, 3.05) is 6.54 Å². The summed E-state index contributed by atoms with van der Waals surface area (Å²) in [5, 5.41) is 7.49. The van der Waals surface area contributed by atoms with Crippen molar-refractivity contribution in [3.63, 3.8) is 0 Å². The highest BCUT2D eigenvalue weighted by Gasteiger charge is 2.11. The van der Waals surface area contributed by atoms with E-state index in [9.17, 15) is 8.78 Å². The van der Waals surface area contributed by atoms with Crippen LogP contribution in [-0.4, -0.2) is 16.3 Å². The fourth-order valence-electron chi connectivity index (χ4n) is 1.77. The molecule has 108 valence electrons. The number of hydrogen-bond acceptors (Lipinski definition) is 2. The Balaban J connectivity index is 2.14. The predicted octanol–water partition coefficient (Wildman–Crippen LogP) is 3.66. The first-order valence-corrected chi connectivity index (χ1v) is 7.17. The summed E-state index contributed by atoms with van der Waals surface area (Å²) in [4.78, 5) is 0. The van der Waals surface area contributed by atoms with Crippen LogP contribution >= 0.6 is 15.9 Å². The van der Waals surface area contributed by atoms with E-state index in [0.717, 1.165) is 24.4 Å². The number of nitrogens with one attached hydrogen (secondary N) is 1. The third-order valence-electron chi connectivity index (χ3n) is 2.74. The van der Waals surface area contributed by atoms with Crippen molar-refractivity contribution in [1.29, 1.82) is 0 Å². The van der Waals surface area contributed by atoms with Gasteiger partial charge in [0.15, 0.2) is 0 Å². The number of benzene rings is 1. The molecule has 1 heterocycles. The zero-order chi connectivity index (χ0) is 14.7. The molecule has 6 heteroatoms. The number of aromatic nitrogens is 2. The molecule has 0 unspecified atom stereocenters. The fourth-order valence-corrected chi connectivity index (χ4v) is 2.08. The standard InChI is InChI=1S/C14H16BrF2N3/c1-9(2)7-18-8-10-3-4-20(19-10)14-6-12(16)11(15)5-13(14)17/h3-6,9,18H,7-8H2,1-2H3. The van der Waals surface area contributed by atoms with Gasteiger partial charge in [-0.1, -0.05) is 13.8 Å². The smallest absolute Gasteiger partial charge is 0.150 e. The average molecular weight is 344 g/mol. The Labute approximate surface area is 125 Å². The van der Waals surface area contributed by atoms with Crippen LogP contribution < -0.4 is 5.32 Å². The molecule has 1 N–H and O–H groups in total. The Morgan fingerprint density at radius 1 is 1.30 bits per heavy atom. The molecule has 1 aromatic heterocycles. The van der Waals surface area contributed by atoms with Crippen molar-refractivity contribution in [2.24, 2.45) is 5.92 Å². The highest BCUT2D eigenvalue weighted by atomic mass is 79.9. The van der Waals surface area contributed by atoms with E-state index < -0.39 is 11.6 Å². The molecule has 0 amide bonds. The van der Waals surface area contributed by atoms with Gasteiger partial charge in [-0.25, -0.2) is 13.5 Å². The third kappa shape index (κ3) is 3.64. The van der Waals surface area contributed by atoms with Gasteiger partial charge < -0.3 is 5.32 Å². The molecule has 2 aromatic rings. The molecule has 20 heavy (non-hydrogen) atoms. The number of hydrogen-bond donors (Lipinski definition) is 1. The second kappa shape index (κ2) is 6.45. The Kier molecular flexibility index (Phi) is 4.88. The minimum atomic E-state index is -0.525. The lowest BCUT2D eigenvalue weighted by molar-refractivity contribution is 0.545. The van der Waals surface area contributed by atoms with Crippen LogP contribution in [0, 0.1) is 17.6 Å². The van der Waals surface area contributed by atoms with E-state index in [-0.39, 0.29) is 10.2 Å². The molecule has 2 rings (SSSR count). The molecule has 0 aliphatic rings. The molecular formula is C14H16BrF2N3. The van der Waals surface area contributed by atoms with Gasteiger partial charge in [-0.3, -0.25) is 0 Å². The molecule has 0 aliphatic carbocycles. The normalized spacial score (nSPS) is 11.3. The molecule has 0 aliphatic heterocycles. The van der Waals surface area contributed by atoms with Crippen LogP contribution in [0.4, 0.5) is 8.78 Å². The van der Waals surface area contributed by atoms with E-state index in [2.05, 4.69) is 40.2 Å². The van der Waals surface area contributed by atoms with E-state index in [1.165, 1.54) is 4.68 Å². The van der Waals surface area contributed by atoms with Gasteiger partial charge in [0.2, 0.25) is 0 Å². The molecular weight excluding hydrogens is 328 g/mol. The highest BCUT2D eigenvalue weighted by Crippen LogP contribution is 2.22. The first-order chi connectivity index (χ1) is 9.47. The maximum absolute atomic E-state index is 13.8. The summed E-state index contributed by atoms with van der Waals surface area (Å²) in [5.41, 5.74) is 0.884. The van der Waals surface area contributed by atoms with Crippen LogP contribution in [0.25, 0.3) is 5.69 Å². The largest absolute Gasteiger partial charge is 0.311 e. The molecule has 0 saturated heterocycles. The number of rotatable bonds is 5. The SMILES string of the molecule is CC(C)CNCc1ccn(-c2cc(F)c(Br)cc2F)n1.